The molecule has 4 aliphatic carbocycles. The summed E-state index contributed by atoms with van der Waals surface area (Å²) in [5.74, 6) is -0.670. The largest absolute Gasteiger partial charge is 0.478 e. The number of esters is 1. The van der Waals surface area contributed by atoms with Crippen molar-refractivity contribution in [2.24, 2.45) is 40.2 Å². The highest BCUT2D eigenvalue weighted by molar-refractivity contribution is 5.89. The molecule has 1 unspecified atom stereocenters. The van der Waals surface area contributed by atoms with Gasteiger partial charge in [-0.05, 0) is 74.7 Å². The first-order valence-corrected chi connectivity index (χ1v) is 13.0. The summed E-state index contributed by atoms with van der Waals surface area (Å²) >= 11 is 0. The summed E-state index contributed by atoms with van der Waals surface area (Å²) in [7, 11) is 0. The van der Waals surface area contributed by atoms with Crippen molar-refractivity contribution in [3.8, 4) is 0 Å². The van der Waals surface area contributed by atoms with E-state index in [1.165, 1.54) is 0 Å². The number of carbonyl (C=O) groups excluding carboxylic acids is 3. The van der Waals surface area contributed by atoms with Crippen molar-refractivity contribution < 1.29 is 38.9 Å². The first-order valence-electron chi connectivity index (χ1n) is 13.0. The first-order chi connectivity index (χ1) is 16.9. The van der Waals surface area contributed by atoms with Crippen LogP contribution in [0, 0.1) is 34.5 Å². The number of carbonyl (C=O) groups is 5. The van der Waals surface area contributed by atoms with Gasteiger partial charge < -0.3 is 20.7 Å². The van der Waals surface area contributed by atoms with Gasteiger partial charge in [-0.3, -0.25) is 14.4 Å². The predicted molar refractivity (Wildman–Crippen MR) is 130 cm³/mol. The number of ether oxygens (including phenoxy) is 1. The Morgan fingerprint density at radius 2 is 1.69 bits per heavy atom. The van der Waals surface area contributed by atoms with E-state index < -0.39 is 11.9 Å². The molecule has 200 valence electrons. The molecule has 9 heteroatoms. The molecule has 7 atom stereocenters. The lowest BCUT2D eigenvalue weighted by atomic mass is 9.45. The molecule has 0 spiro atoms. The molecule has 0 saturated heterocycles. The van der Waals surface area contributed by atoms with Crippen LogP contribution in [0.4, 0.5) is 0 Å². The van der Waals surface area contributed by atoms with Crippen LogP contribution in [-0.4, -0.2) is 52.3 Å². The first kappa shape index (κ1) is 28.0. The van der Waals surface area contributed by atoms with Crippen LogP contribution in [0.1, 0.15) is 78.1 Å². The third-order valence-electron chi connectivity index (χ3n) is 9.37. The number of aliphatic carboxylic acids is 2. The minimum absolute atomic E-state index is 0.00345. The van der Waals surface area contributed by atoms with Crippen LogP contribution in [0.5, 0.6) is 0 Å². The second-order valence-electron chi connectivity index (χ2n) is 11.3. The van der Waals surface area contributed by atoms with Crippen molar-refractivity contribution in [2.45, 2.75) is 84.2 Å². The fourth-order valence-electron chi connectivity index (χ4n) is 7.52. The number of carboxylic acids is 2. The van der Waals surface area contributed by atoms with Crippen molar-refractivity contribution in [1.82, 2.24) is 0 Å². The Morgan fingerprint density at radius 1 is 1.03 bits per heavy atom. The second-order valence-corrected chi connectivity index (χ2v) is 11.3. The number of carboxylic acid groups (broad SMARTS) is 2. The van der Waals surface area contributed by atoms with Crippen LogP contribution in [-0.2, 0) is 28.7 Å². The number of hydrogen-bond donors (Lipinski definition) is 3. The number of rotatable bonds is 6. The summed E-state index contributed by atoms with van der Waals surface area (Å²) in [5, 5.41) is 15.6. The highest BCUT2D eigenvalue weighted by Crippen LogP contribution is 2.64. The summed E-state index contributed by atoms with van der Waals surface area (Å²) in [6, 6.07) is 0. The van der Waals surface area contributed by atoms with Crippen molar-refractivity contribution >= 4 is 29.5 Å². The predicted octanol–water partition coefficient (Wildman–Crippen LogP) is 3.14. The molecule has 9 nitrogen and oxygen atoms in total. The zero-order valence-electron chi connectivity index (χ0n) is 21.2. The minimum atomic E-state index is -1.26. The maximum Gasteiger partial charge on any atom is 0.328 e. The zero-order valence-corrected chi connectivity index (χ0v) is 21.2. The van der Waals surface area contributed by atoms with E-state index in [2.05, 4.69) is 13.8 Å². The summed E-state index contributed by atoms with van der Waals surface area (Å²) in [5.41, 5.74) is 5.28. The van der Waals surface area contributed by atoms with Gasteiger partial charge in [0.25, 0.3) is 0 Å². The molecule has 0 aromatic carbocycles. The summed E-state index contributed by atoms with van der Waals surface area (Å²) in [6.07, 6.45) is 8.77. The van der Waals surface area contributed by atoms with Crippen molar-refractivity contribution in [2.75, 3.05) is 6.54 Å². The fraction of sp³-hybridized carbons (Fsp3) is 0.741. The molecule has 0 heterocycles. The molecule has 0 bridgehead atoms. The van der Waals surface area contributed by atoms with E-state index in [1.54, 1.807) is 0 Å². The Balaban J connectivity index is 0.000000392. The lowest BCUT2D eigenvalue weighted by molar-refractivity contribution is -0.170. The van der Waals surface area contributed by atoms with Gasteiger partial charge in [0.1, 0.15) is 17.7 Å². The molecule has 0 radical (unpaired) electrons. The molecule has 4 aliphatic rings. The number of hydrogen-bond acceptors (Lipinski definition) is 7. The van der Waals surface area contributed by atoms with E-state index in [0.717, 1.165) is 32.1 Å². The normalized spacial score (nSPS) is 37.2. The summed E-state index contributed by atoms with van der Waals surface area (Å²) < 4.78 is 5.68. The average Bonchev–Trinajstić information content (AvgIpc) is 3.12. The molecule has 0 aromatic heterocycles. The maximum absolute atomic E-state index is 13.2. The topological polar surface area (TPSA) is 161 Å². The van der Waals surface area contributed by atoms with Gasteiger partial charge in [0.2, 0.25) is 0 Å². The second kappa shape index (κ2) is 11.2. The van der Waals surface area contributed by atoms with Gasteiger partial charge in [-0.2, -0.15) is 0 Å². The summed E-state index contributed by atoms with van der Waals surface area (Å²) in [6.45, 7) is 4.95. The third kappa shape index (κ3) is 5.71. The Kier molecular flexibility index (Phi) is 8.75. The molecular weight excluding hydrogens is 466 g/mol. The van der Waals surface area contributed by atoms with Crippen LogP contribution in [0.3, 0.4) is 0 Å². The Bertz CT molecular complexity index is 913. The van der Waals surface area contributed by atoms with Crippen molar-refractivity contribution in [3.63, 3.8) is 0 Å². The molecule has 4 fully saturated rings. The van der Waals surface area contributed by atoms with Gasteiger partial charge in [-0.15, -0.1) is 0 Å². The van der Waals surface area contributed by atoms with E-state index >= 15 is 0 Å². The lowest BCUT2D eigenvalue weighted by Gasteiger charge is -2.59. The van der Waals surface area contributed by atoms with E-state index in [9.17, 15) is 24.0 Å². The molecule has 0 aliphatic heterocycles. The molecule has 0 aromatic rings. The molecule has 4 N–H and O–H groups in total. The minimum Gasteiger partial charge on any atom is -0.478 e. The molecular formula is C27H39NO8. The Morgan fingerprint density at radius 3 is 2.31 bits per heavy atom. The van der Waals surface area contributed by atoms with Gasteiger partial charge in [-0.25, -0.2) is 9.59 Å². The average molecular weight is 506 g/mol. The number of Topliss-reactive ketones (excluding diaryl/α,β-unsaturated/α-hetero) is 2. The van der Waals surface area contributed by atoms with Gasteiger partial charge >= 0.3 is 17.9 Å². The van der Waals surface area contributed by atoms with E-state index in [-0.39, 0.29) is 28.8 Å². The third-order valence-corrected chi connectivity index (χ3v) is 9.37. The molecule has 0 amide bonds. The van der Waals surface area contributed by atoms with Crippen LogP contribution in [0.25, 0.3) is 0 Å². The van der Waals surface area contributed by atoms with Gasteiger partial charge in [0.15, 0.2) is 0 Å². The monoisotopic (exact) mass is 505 g/mol. The molecule has 36 heavy (non-hydrogen) atoms. The van der Waals surface area contributed by atoms with Crippen LogP contribution < -0.4 is 5.73 Å². The van der Waals surface area contributed by atoms with Gasteiger partial charge in [-0.1, -0.05) is 13.8 Å². The van der Waals surface area contributed by atoms with Crippen LogP contribution in [0.2, 0.25) is 0 Å². The maximum atomic E-state index is 13.2. The van der Waals surface area contributed by atoms with E-state index in [1.807, 2.05) is 0 Å². The van der Waals surface area contributed by atoms with E-state index in [0.29, 0.717) is 80.1 Å². The van der Waals surface area contributed by atoms with E-state index in [4.69, 9.17) is 20.7 Å². The Hall–Kier alpha value is -2.55. The molecule has 4 saturated carbocycles. The number of ketones is 2. The summed E-state index contributed by atoms with van der Waals surface area (Å²) in [4.78, 5) is 56.9. The van der Waals surface area contributed by atoms with Crippen molar-refractivity contribution in [1.29, 1.82) is 0 Å². The van der Waals surface area contributed by atoms with Gasteiger partial charge in [0.05, 0.1) is 0 Å². The lowest BCUT2D eigenvalue weighted by Crippen LogP contribution is -2.57. The number of nitrogens with two attached hydrogens (primary N) is 1. The highest BCUT2D eigenvalue weighted by atomic mass is 16.5. The SMILES string of the molecule is C[C@]12CC[C@H](OC(=O)CCCN)CC1C(=O)C[C@@H]1[C@@H]2CC[C@]2(C)C(=O)CC[C@@H]12.O=C(O)/C=C/C(=O)O. The highest BCUT2D eigenvalue weighted by Gasteiger charge is 2.62. The van der Waals surface area contributed by atoms with Crippen molar-refractivity contribution in [3.05, 3.63) is 12.2 Å². The fourth-order valence-corrected chi connectivity index (χ4v) is 7.52. The van der Waals surface area contributed by atoms with Gasteiger partial charge in [0, 0.05) is 42.7 Å². The Labute approximate surface area is 211 Å². The quantitative estimate of drug-likeness (QED) is 0.364. The zero-order chi connectivity index (χ0) is 26.7. The standard InChI is InChI=1S/C23H35NO4.C4H4O4/c1-22-9-7-14(28-21(27)4-3-11-24)12-18(22)19(25)13-15-16-5-6-20(26)23(16,2)10-8-17(15)22;5-3(6)1-2-4(7)8/h14-18H,3-13,24H2,1-2H3;1-2H,(H,5,6)(H,7,8)/b;2-1+/t14-,15-,16-,17-,18?,22+,23-;/m0./s1. The van der Waals surface area contributed by atoms with Crippen LogP contribution in [0.15, 0.2) is 12.2 Å². The number of fused-ring (bicyclic) bond motifs is 5. The molecule has 4 rings (SSSR count). The van der Waals surface area contributed by atoms with Crippen LogP contribution >= 0.6 is 0 Å². The smallest absolute Gasteiger partial charge is 0.328 e.